The van der Waals surface area contributed by atoms with E-state index >= 15 is 0 Å². The Labute approximate surface area is 153 Å². The van der Waals surface area contributed by atoms with Crippen LogP contribution in [0.25, 0.3) is 6.08 Å². The molecule has 0 aliphatic carbocycles. The van der Waals surface area contributed by atoms with Gasteiger partial charge < -0.3 is 9.64 Å². The molecule has 0 saturated heterocycles. The van der Waals surface area contributed by atoms with Crippen LogP contribution in [-0.4, -0.2) is 24.1 Å². The third kappa shape index (κ3) is 3.93. The van der Waals surface area contributed by atoms with Gasteiger partial charge in [-0.2, -0.15) is 0 Å². The van der Waals surface area contributed by atoms with Gasteiger partial charge in [-0.25, -0.2) is 14.2 Å². The minimum Gasteiger partial charge on any atom is -0.463 e. The van der Waals surface area contributed by atoms with Crippen molar-refractivity contribution >= 4 is 17.9 Å². The highest BCUT2D eigenvalue weighted by Crippen LogP contribution is 2.31. The fourth-order valence-electron chi connectivity index (χ4n) is 2.98. The van der Waals surface area contributed by atoms with Gasteiger partial charge in [0.1, 0.15) is 11.6 Å². The fourth-order valence-corrected chi connectivity index (χ4v) is 2.98. The van der Waals surface area contributed by atoms with Crippen molar-refractivity contribution in [3.05, 3.63) is 64.6 Å². The molecule has 0 bridgehead atoms. The van der Waals surface area contributed by atoms with Crippen molar-refractivity contribution in [3.63, 3.8) is 0 Å². The number of fused-ring (bicyclic) bond motifs is 1. The Morgan fingerprint density at radius 2 is 2.04 bits per heavy atom. The molecular weight excluding hydrogens is 331 g/mol. The number of carbonyl (C=O) groups is 1. The molecule has 136 valence electrons. The van der Waals surface area contributed by atoms with E-state index in [9.17, 15) is 9.18 Å². The Balaban J connectivity index is 1.96. The Kier molecular flexibility index (Phi) is 5.35. The average Bonchev–Trinajstić information content (AvgIpc) is 2.63. The second-order valence-electron chi connectivity index (χ2n) is 6.71. The van der Waals surface area contributed by atoms with Crippen LogP contribution >= 0.6 is 0 Å². The van der Waals surface area contributed by atoms with Gasteiger partial charge >= 0.3 is 5.97 Å². The second-order valence-corrected chi connectivity index (χ2v) is 6.71. The highest BCUT2D eigenvalue weighted by atomic mass is 19.1. The molecule has 26 heavy (non-hydrogen) atoms. The van der Waals surface area contributed by atoms with Gasteiger partial charge in [0.2, 0.25) is 0 Å². The number of ether oxygens (including phenoxy) is 1. The van der Waals surface area contributed by atoms with Gasteiger partial charge in [-0.05, 0) is 48.2 Å². The first-order chi connectivity index (χ1) is 12.5. The zero-order valence-corrected chi connectivity index (χ0v) is 15.3. The van der Waals surface area contributed by atoms with E-state index in [2.05, 4.69) is 24.9 Å². The van der Waals surface area contributed by atoms with Crippen LogP contribution in [0.15, 0.2) is 42.1 Å². The molecule has 0 spiro atoms. The van der Waals surface area contributed by atoms with Crippen molar-refractivity contribution in [3.8, 4) is 0 Å². The Bertz CT molecular complexity index is 828. The molecular formula is C21H23FN2O2. The lowest BCUT2D eigenvalue weighted by molar-refractivity contribution is -0.138. The number of aromatic nitrogens is 1. The molecule has 2 heterocycles. The maximum absolute atomic E-state index is 13.2. The molecule has 1 aromatic carbocycles. The van der Waals surface area contributed by atoms with E-state index in [1.165, 1.54) is 12.1 Å². The van der Waals surface area contributed by atoms with Gasteiger partial charge in [-0.15, -0.1) is 0 Å². The summed E-state index contributed by atoms with van der Waals surface area (Å²) in [6.07, 6.45) is 3.75. The number of pyridine rings is 1. The standard InChI is InChI=1S/C21H23FN2O2/c1-4-26-21(25)18-10-16-9-17(14(2)3)11-23-20(16)24(13-18)12-15-5-7-19(22)8-6-15/h5-11,14H,4,12-13H2,1-3H3. The van der Waals surface area contributed by atoms with Gasteiger partial charge in [0, 0.05) is 18.3 Å². The SMILES string of the molecule is CCOC(=O)C1=Cc2cc(C(C)C)cnc2N(Cc2ccc(F)cc2)C1. The summed E-state index contributed by atoms with van der Waals surface area (Å²) in [6, 6.07) is 8.46. The van der Waals surface area contributed by atoms with Crippen LogP contribution in [-0.2, 0) is 16.1 Å². The zero-order valence-electron chi connectivity index (χ0n) is 15.3. The number of esters is 1. The van der Waals surface area contributed by atoms with Crippen LogP contribution in [0, 0.1) is 5.82 Å². The van der Waals surface area contributed by atoms with Gasteiger partial charge in [0.25, 0.3) is 0 Å². The maximum atomic E-state index is 13.2. The highest BCUT2D eigenvalue weighted by molar-refractivity contribution is 5.97. The summed E-state index contributed by atoms with van der Waals surface area (Å²) in [6.45, 7) is 7.31. The lowest BCUT2D eigenvalue weighted by Gasteiger charge is -2.30. The summed E-state index contributed by atoms with van der Waals surface area (Å²) in [5.41, 5.74) is 3.58. The first kappa shape index (κ1) is 18.1. The molecule has 1 aromatic heterocycles. The molecule has 0 amide bonds. The van der Waals surface area contributed by atoms with E-state index in [-0.39, 0.29) is 11.8 Å². The smallest absolute Gasteiger partial charge is 0.335 e. The molecule has 0 atom stereocenters. The average molecular weight is 354 g/mol. The molecule has 4 nitrogen and oxygen atoms in total. The number of hydrogen-bond donors (Lipinski definition) is 0. The molecule has 2 aromatic rings. The zero-order chi connectivity index (χ0) is 18.7. The topological polar surface area (TPSA) is 42.4 Å². The molecule has 0 saturated carbocycles. The van der Waals surface area contributed by atoms with Gasteiger partial charge in [0.05, 0.1) is 18.7 Å². The minimum atomic E-state index is -0.308. The Morgan fingerprint density at radius 1 is 1.31 bits per heavy atom. The number of benzene rings is 1. The van der Waals surface area contributed by atoms with Crippen molar-refractivity contribution in [2.24, 2.45) is 0 Å². The summed E-state index contributed by atoms with van der Waals surface area (Å²) in [5.74, 6) is 0.600. The molecule has 1 aliphatic heterocycles. The number of hydrogen-bond acceptors (Lipinski definition) is 4. The van der Waals surface area contributed by atoms with E-state index in [4.69, 9.17) is 4.74 Å². The van der Waals surface area contributed by atoms with Gasteiger partial charge in [0.15, 0.2) is 0 Å². The van der Waals surface area contributed by atoms with E-state index < -0.39 is 0 Å². The van der Waals surface area contributed by atoms with E-state index in [1.807, 2.05) is 17.2 Å². The summed E-state index contributed by atoms with van der Waals surface area (Å²) in [7, 11) is 0. The highest BCUT2D eigenvalue weighted by Gasteiger charge is 2.24. The van der Waals surface area contributed by atoms with Crippen molar-refractivity contribution in [1.82, 2.24) is 4.98 Å². The molecule has 0 fully saturated rings. The van der Waals surface area contributed by atoms with E-state index in [0.29, 0.717) is 31.2 Å². The lowest BCUT2D eigenvalue weighted by atomic mass is 9.99. The first-order valence-corrected chi connectivity index (χ1v) is 8.85. The Hall–Kier alpha value is -2.69. The third-order valence-corrected chi connectivity index (χ3v) is 4.40. The van der Waals surface area contributed by atoms with E-state index in [0.717, 1.165) is 22.5 Å². The summed E-state index contributed by atoms with van der Waals surface area (Å²) in [4.78, 5) is 18.9. The van der Waals surface area contributed by atoms with Crippen LogP contribution in [0.3, 0.4) is 0 Å². The molecule has 0 radical (unpaired) electrons. The monoisotopic (exact) mass is 354 g/mol. The van der Waals surface area contributed by atoms with E-state index in [1.54, 1.807) is 19.1 Å². The van der Waals surface area contributed by atoms with Crippen molar-refractivity contribution < 1.29 is 13.9 Å². The van der Waals surface area contributed by atoms with Gasteiger partial charge in [-0.1, -0.05) is 26.0 Å². The summed E-state index contributed by atoms with van der Waals surface area (Å²) >= 11 is 0. The molecule has 1 aliphatic rings. The van der Waals surface area contributed by atoms with Gasteiger partial charge in [-0.3, -0.25) is 0 Å². The number of halogens is 1. The molecule has 0 unspecified atom stereocenters. The van der Waals surface area contributed by atoms with Crippen LogP contribution in [0.2, 0.25) is 0 Å². The maximum Gasteiger partial charge on any atom is 0.335 e. The summed E-state index contributed by atoms with van der Waals surface area (Å²) < 4.78 is 18.4. The second kappa shape index (κ2) is 7.68. The minimum absolute atomic E-state index is 0.264. The predicted octanol–water partition coefficient (Wildman–Crippen LogP) is 4.31. The van der Waals surface area contributed by atoms with Crippen LogP contribution < -0.4 is 4.90 Å². The predicted molar refractivity (Wildman–Crippen MR) is 100 cm³/mol. The normalized spacial score (nSPS) is 13.4. The fraction of sp³-hybridized carbons (Fsp3) is 0.333. The Morgan fingerprint density at radius 3 is 2.69 bits per heavy atom. The quantitative estimate of drug-likeness (QED) is 0.751. The van der Waals surface area contributed by atoms with Crippen LogP contribution in [0.5, 0.6) is 0 Å². The number of rotatable bonds is 5. The van der Waals surface area contributed by atoms with Crippen molar-refractivity contribution in [2.45, 2.75) is 33.2 Å². The van der Waals surface area contributed by atoms with Crippen LogP contribution in [0.4, 0.5) is 10.2 Å². The van der Waals surface area contributed by atoms with Crippen LogP contribution in [0.1, 0.15) is 43.4 Å². The number of nitrogens with zero attached hydrogens (tertiary/aromatic N) is 2. The summed E-state index contributed by atoms with van der Waals surface area (Å²) in [5, 5.41) is 0. The number of carbonyl (C=O) groups excluding carboxylic acids is 1. The third-order valence-electron chi connectivity index (χ3n) is 4.40. The largest absolute Gasteiger partial charge is 0.463 e. The molecule has 3 rings (SSSR count). The first-order valence-electron chi connectivity index (χ1n) is 8.85. The molecule has 0 N–H and O–H groups in total. The van der Waals surface area contributed by atoms with Crippen molar-refractivity contribution in [2.75, 3.05) is 18.1 Å². The molecule has 5 heteroatoms. The van der Waals surface area contributed by atoms with Crippen molar-refractivity contribution in [1.29, 1.82) is 0 Å². The lowest BCUT2D eigenvalue weighted by Crippen LogP contribution is -2.32. The number of anilines is 1.